The first-order chi connectivity index (χ1) is 8.51. The van der Waals surface area contributed by atoms with Gasteiger partial charge in [0.05, 0.1) is 10.4 Å². The van der Waals surface area contributed by atoms with Gasteiger partial charge in [-0.2, -0.15) is 0 Å². The van der Waals surface area contributed by atoms with E-state index in [4.69, 9.17) is 11.6 Å². The predicted octanol–water partition coefficient (Wildman–Crippen LogP) is 4.92. The molecule has 1 heterocycles. The Kier molecular flexibility index (Phi) is 4.43. The van der Waals surface area contributed by atoms with Gasteiger partial charge in [0.15, 0.2) is 0 Å². The van der Waals surface area contributed by atoms with Gasteiger partial charge in [0.25, 0.3) is 0 Å². The van der Waals surface area contributed by atoms with Crippen LogP contribution in [0.5, 0.6) is 0 Å². The van der Waals surface area contributed by atoms with Crippen molar-refractivity contribution in [3.05, 3.63) is 54.9 Å². The Morgan fingerprint density at radius 3 is 2.56 bits per heavy atom. The highest BCUT2D eigenvalue weighted by Crippen LogP contribution is 2.34. The fourth-order valence-corrected chi connectivity index (χ4v) is 3.68. The molecule has 0 fully saturated rings. The van der Waals surface area contributed by atoms with Gasteiger partial charge in [-0.15, -0.1) is 11.3 Å². The zero-order chi connectivity index (χ0) is 13.3. The molecule has 2 rings (SSSR count). The number of aryl methyl sites for hydroxylation is 1. The zero-order valence-corrected chi connectivity index (χ0v) is 13.1. The molecule has 0 bridgehead atoms. The predicted molar refractivity (Wildman–Crippen MR) is 79.1 cm³/mol. The average Bonchev–Trinajstić information content (AvgIpc) is 2.58. The fourth-order valence-electron chi connectivity index (χ4n) is 1.84. The summed E-state index contributed by atoms with van der Waals surface area (Å²) in [6, 6.07) is 6.88. The first-order valence-corrected chi connectivity index (χ1v) is 7.39. The average molecular weight is 349 g/mol. The van der Waals surface area contributed by atoms with Crippen LogP contribution in [0.25, 0.3) is 0 Å². The van der Waals surface area contributed by atoms with Gasteiger partial charge in [-0.25, -0.2) is 4.39 Å². The molecule has 1 unspecified atom stereocenters. The molecule has 1 aromatic carbocycles. The Balaban J connectivity index is 2.44. The number of nitrogens with one attached hydrogen (secondary N) is 1. The molecule has 1 aromatic heterocycles. The minimum atomic E-state index is -0.251. The molecule has 1 nitrogen and oxygen atoms in total. The summed E-state index contributed by atoms with van der Waals surface area (Å²) in [4.78, 5) is 1.08. The quantitative estimate of drug-likeness (QED) is 0.830. The van der Waals surface area contributed by atoms with Crippen LogP contribution in [0.1, 0.15) is 22.0 Å². The van der Waals surface area contributed by atoms with Crippen molar-refractivity contribution in [2.24, 2.45) is 0 Å². The van der Waals surface area contributed by atoms with Crippen molar-refractivity contribution in [2.45, 2.75) is 13.0 Å². The largest absolute Gasteiger partial charge is 0.309 e. The monoisotopic (exact) mass is 347 g/mol. The lowest BCUT2D eigenvalue weighted by atomic mass is 10.1. The number of benzene rings is 1. The van der Waals surface area contributed by atoms with E-state index in [1.165, 1.54) is 23.5 Å². The van der Waals surface area contributed by atoms with Crippen LogP contribution in [-0.4, -0.2) is 7.05 Å². The lowest BCUT2D eigenvalue weighted by Crippen LogP contribution is -2.16. The van der Waals surface area contributed by atoms with E-state index in [0.29, 0.717) is 0 Å². The summed E-state index contributed by atoms with van der Waals surface area (Å²) in [5, 5.41) is 3.19. The first kappa shape index (κ1) is 14.0. The third-order valence-electron chi connectivity index (χ3n) is 2.67. The summed E-state index contributed by atoms with van der Waals surface area (Å²) in [5.41, 5.74) is 1.93. The molecule has 0 saturated carbocycles. The summed E-state index contributed by atoms with van der Waals surface area (Å²) < 4.78 is 15.0. The van der Waals surface area contributed by atoms with Gasteiger partial charge in [0.1, 0.15) is 5.82 Å². The van der Waals surface area contributed by atoms with Gasteiger partial charge in [0, 0.05) is 9.35 Å². The van der Waals surface area contributed by atoms with Crippen molar-refractivity contribution >= 4 is 38.9 Å². The maximum atomic E-state index is 13.4. The molecule has 0 saturated heterocycles. The van der Waals surface area contributed by atoms with Gasteiger partial charge in [-0.3, -0.25) is 0 Å². The minimum Gasteiger partial charge on any atom is -0.309 e. The third kappa shape index (κ3) is 2.94. The van der Waals surface area contributed by atoms with Crippen LogP contribution in [0.3, 0.4) is 0 Å². The van der Waals surface area contributed by atoms with Crippen molar-refractivity contribution in [3.63, 3.8) is 0 Å². The highest BCUT2D eigenvalue weighted by Gasteiger charge is 2.17. The van der Waals surface area contributed by atoms with E-state index < -0.39 is 0 Å². The van der Waals surface area contributed by atoms with Crippen molar-refractivity contribution in [1.29, 1.82) is 0 Å². The molecule has 1 atom stereocenters. The molecular weight excluding hydrogens is 337 g/mol. The van der Waals surface area contributed by atoms with Crippen LogP contribution >= 0.6 is 38.9 Å². The number of thiophene rings is 1. The van der Waals surface area contributed by atoms with Crippen LogP contribution < -0.4 is 5.32 Å². The first-order valence-electron chi connectivity index (χ1n) is 5.40. The molecule has 0 amide bonds. The molecule has 18 heavy (non-hydrogen) atoms. The molecule has 0 radical (unpaired) electrons. The van der Waals surface area contributed by atoms with E-state index >= 15 is 0 Å². The highest BCUT2D eigenvalue weighted by molar-refractivity contribution is 9.10. The van der Waals surface area contributed by atoms with Gasteiger partial charge < -0.3 is 5.32 Å². The smallest absolute Gasteiger partial charge is 0.124 e. The van der Waals surface area contributed by atoms with E-state index in [1.54, 1.807) is 0 Å². The number of hydrogen-bond donors (Lipinski definition) is 1. The maximum Gasteiger partial charge on any atom is 0.124 e. The summed E-state index contributed by atoms with van der Waals surface area (Å²) in [7, 11) is 1.85. The number of hydrogen-bond acceptors (Lipinski definition) is 2. The Morgan fingerprint density at radius 1 is 1.33 bits per heavy atom. The molecule has 0 aliphatic heterocycles. The molecule has 0 spiro atoms. The molecule has 96 valence electrons. The number of rotatable bonds is 3. The van der Waals surface area contributed by atoms with E-state index in [2.05, 4.69) is 21.2 Å². The van der Waals surface area contributed by atoms with E-state index in [-0.39, 0.29) is 11.9 Å². The summed E-state index contributed by atoms with van der Waals surface area (Å²) >= 11 is 10.9. The lowest BCUT2D eigenvalue weighted by Gasteiger charge is -2.15. The van der Waals surface area contributed by atoms with E-state index in [1.807, 2.05) is 26.1 Å². The van der Waals surface area contributed by atoms with Crippen LogP contribution in [0.2, 0.25) is 4.34 Å². The molecular formula is C13H12BrClFNS. The molecule has 0 aliphatic carbocycles. The highest BCUT2D eigenvalue weighted by atomic mass is 79.9. The number of halogens is 3. The van der Waals surface area contributed by atoms with Crippen molar-refractivity contribution in [3.8, 4) is 0 Å². The summed E-state index contributed by atoms with van der Waals surface area (Å²) in [6.07, 6.45) is 0. The van der Waals surface area contributed by atoms with Crippen LogP contribution in [0.15, 0.2) is 28.7 Å². The molecule has 2 aromatic rings. The third-order valence-corrected chi connectivity index (χ3v) is 4.75. The second-order valence-corrected chi connectivity index (χ2v) is 6.63. The fraction of sp³-hybridized carbons (Fsp3) is 0.231. The normalized spacial score (nSPS) is 12.7. The standard InChI is InChI=1S/C13H12BrClFNS/c1-7-3-11(18-13(7)15)12(17-2)8-4-9(14)6-10(16)5-8/h3-6,12,17H,1-2H3. The minimum absolute atomic E-state index is 0.0480. The second-order valence-electron chi connectivity index (χ2n) is 4.03. The zero-order valence-electron chi connectivity index (χ0n) is 9.93. The van der Waals surface area contributed by atoms with E-state index in [9.17, 15) is 4.39 Å². The molecule has 1 N–H and O–H groups in total. The summed E-state index contributed by atoms with van der Waals surface area (Å²) in [6.45, 7) is 1.97. The van der Waals surface area contributed by atoms with E-state index in [0.717, 1.165) is 24.8 Å². The van der Waals surface area contributed by atoms with Crippen LogP contribution in [0, 0.1) is 12.7 Å². The van der Waals surface area contributed by atoms with Gasteiger partial charge in [-0.1, -0.05) is 27.5 Å². The van der Waals surface area contributed by atoms with Gasteiger partial charge in [0.2, 0.25) is 0 Å². The maximum absolute atomic E-state index is 13.4. The van der Waals surface area contributed by atoms with Crippen LogP contribution in [0.4, 0.5) is 4.39 Å². The van der Waals surface area contributed by atoms with Crippen LogP contribution in [-0.2, 0) is 0 Å². The van der Waals surface area contributed by atoms with Crippen molar-refractivity contribution in [2.75, 3.05) is 7.05 Å². The molecule has 5 heteroatoms. The SMILES string of the molecule is CNC(c1cc(F)cc(Br)c1)c1cc(C)c(Cl)s1. The summed E-state index contributed by atoms with van der Waals surface area (Å²) in [5.74, 6) is -0.251. The van der Waals surface area contributed by atoms with Crippen molar-refractivity contribution in [1.82, 2.24) is 5.32 Å². The topological polar surface area (TPSA) is 12.0 Å². The van der Waals surface area contributed by atoms with Crippen molar-refractivity contribution < 1.29 is 4.39 Å². The lowest BCUT2D eigenvalue weighted by molar-refractivity contribution is 0.617. The van der Waals surface area contributed by atoms with Gasteiger partial charge in [-0.05, 0) is 49.4 Å². The Labute approximate surface area is 123 Å². The van der Waals surface area contributed by atoms with Gasteiger partial charge >= 0.3 is 0 Å². The second kappa shape index (κ2) is 5.70. The Hall–Kier alpha value is -0.420. The Bertz CT molecular complexity index is 530. The Morgan fingerprint density at radius 2 is 2.06 bits per heavy atom. The molecule has 0 aliphatic rings.